The normalized spacial score (nSPS) is 8.29. The van der Waals surface area contributed by atoms with Crippen molar-refractivity contribution in [3.05, 3.63) is 40.3 Å². The second-order valence-electron chi connectivity index (χ2n) is 2.63. The summed E-state index contributed by atoms with van der Waals surface area (Å²) >= 11 is 0. The zero-order valence-electron chi connectivity index (χ0n) is 7.64. The van der Waals surface area contributed by atoms with Crippen LogP contribution in [-0.2, 0) is 0 Å². The van der Waals surface area contributed by atoms with Crippen molar-refractivity contribution in [3.63, 3.8) is 0 Å². The first kappa shape index (κ1) is 9.97. The van der Waals surface area contributed by atoms with Crippen molar-refractivity contribution in [2.75, 3.05) is 12.3 Å². The fourth-order valence-electron chi connectivity index (χ4n) is 0.882. The van der Waals surface area contributed by atoms with Gasteiger partial charge in [0.25, 0.3) is 0 Å². The minimum absolute atomic E-state index is 0.415. The van der Waals surface area contributed by atoms with Crippen molar-refractivity contribution in [2.24, 2.45) is 5.11 Å². The molecule has 0 fully saturated rings. The van der Waals surface area contributed by atoms with Crippen LogP contribution >= 0.6 is 0 Å². The van der Waals surface area contributed by atoms with Gasteiger partial charge in [0.15, 0.2) is 0 Å². The Morgan fingerprint density at radius 3 is 2.71 bits per heavy atom. The monoisotopic (exact) mass is 186 g/mol. The van der Waals surface area contributed by atoms with Crippen molar-refractivity contribution in [2.45, 2.75) is 6.42 Å². The van der Waals surface area contributed by atoms with Gasteiger partial charge in [-0.1, -0.05) is 17.0 Å². The summed E-state index contributed by atoms with van der Waals surface area (Å²) in [5.74, 6) is 5.84. The zero-order chi connectivity index (χ0) is 10.2. The number of benzene rings is 1. The molecule has 0 atom stereocenters. The molecule has 0 heterocycles. The van der Waals surface area contributed by atoms with Crippen molar-refractivity contribution < 1.29 is 0 Å². The van der Waals surface area contributed by atoms with Crippen LogP contribution in [0.1, 0.15) is 12.0 Å². The lowest BCUT2D eigenvalue weighted by Crippen LogP contribution is -1.83. The van der Waals surface area contributed by atoms with Crippen molar-refractivity contribution in [3.8, 4) is 11.8 Å². The Morgan fingerprint density at radius 2 is 2.07 bits per heavy atom. The third kappa shape index (κ3) is 3.53. The molecule has 0 aromatic heterocycles. The van der Waals surface area contributed by atoms with E-state index in [9.17, 15) is 0 Å². The Hall–Kier alpha value is -2.11. The lowest BCUT2D eigenvalue weighted by Gasteiger charge is -1.91. The van der Waals surface area contributed by atoms with E-state index in [1.54, 1.807) is 12.1 Å². The molecule has 0 aliphatic heterocycles. The van der Waals surface area contributed by atoms with E-state index in [0.29, 0.717) is 13.0 Å². The maximum Gasteiger partial charge on any atom is 0.0367 e. The summed E-state index contributed by atoms with van der Waals surface area (Å²) in [7, 11) is 0. The predicted molar refractivity (Wildman–Crippen MR) is 56.4 cm³/mol. The Balaban J connectivity index is 2.51. The number of nitrogen functional groups attached to an aromatic ring is 1. The van der Waals surface area contributed by atoms with Gasteiger partial charge < -0.3 is 5.73 Å². The summed E-state index contributed by atoms with van der Waals surface area (Å²) in [4.78, 5) is 2.63. The lowest BCUT2D eigenvalue weighted by atomic mass is 10.2. The Kier molecular flexibility index (Phi) is 3.93. The highest BCUT2D eigenvalue weighted by molar-refractivity contribution is 5.44. The van der Waals surface area contributed by atoms with Crippen LogP contribution in [0.3, 0.4) is 0 Å². The van der Waals surface area contributed by atoms with Crippen LogP contribution in [0.5, 0.6) is 0 Å². The summed E-state index contributed by atoms with van der Waals surface area (Å²) in [5, 5.41) is 3.38. The molecule has 4 nitrogen and oxygen atoms in total. The Bertz CT molecular complexity index is 390. The molecule has 0 aliphatic carbocycles. The summed E-state index contributed by atoms with van der Waals surface area (Å²) in [5.41, 5.74) is 15.2. The van der Waals surface area contributed by atoms with Crippen LogP contribution in [0.15, 0.2) is 29.4 Å². The van der Waals surface area contributed by atoms with E-state index in [1.807, 2.05) is 12.1 Å². The highest BCUT2D eigenvalue weighted by Crippen LogP contribution is 2.03. The summed E-state index contributed by atoms with van der Waals surface area (Å²) < 4.78 is 0. The van der Waals surface area contributed by atoms with E-state index < -0.39 is 0 Å². The van der Waals surface area contributed by atoms with Gasteiger partial charge in [0.1, 0.15) is 0 Å². The van der Waals surface area contributed by atoms with E-state index in [1.165, 1.54) is 0 Å². The molecule has 2 N–H and O–H groups in total. The number of azide groups is 1. The highest BCUT2D eigenvalue weighted by Gasteiger charge is 1.85. The summed E-state index contributed by atoms with van der Waals surface area (Å²) in [6.07, 6.45) is 0.578. The number of nitrogens with two attached hydrogens (primary N) is 1. The van der Waals surface area contributed by atoms with Gasteiger partial charge in [0, 0.05) is 29.1 Å². The van der Waals surface area contributed by atoms with E-state index in [2.05, 4.69) is 21.9 Å². The minimum atomic E-state index is 0.415. The van der Waals surface area contributed by atoms with Crippen LogP contribution in [0.4, 0.5) is 5.69 Å². The molecular weight excluding hydrogens is 176 g/mol. The second kappa shape index (κ2) is 5.52. The molecule has 1 rings (SSSR count). The maximum absolute atomic E-state index is 8.01. The largest absolute Gasteiger partial charge is 0.399 e. The molecule has 1 aromatic rings. The molecule has 0 aliphatic rings. The second-order valence-corrected chi connectivity index (χ2v) is 2.63. The van der Waals surface area contributed by atoms with Gasteiger partial charge in [-0.25, -0.2) is 0 Å². The average molecular weight is 186 g/mol. The first-order chi connectivity index (χ1) is 6.83. The van der Waals surface area contributed by atoms with Gasteiger partial charge in [0.2, 0.25) is 0 Å². The van der Waals surface area contributed by atoms with E-state index in [4.69, 9.17) is 11.3 Å². The van der Waals surface area contributed by atoms with Crippen LogP contribution in [0.25, 0.3) is 10.4 Å². The Morgan fingerprint density at radius 1 is 1.36 bits per heavy atom. The molecule has 1 aromatic carbocycles. The average Bonchev–Trinajstić information content (AvgIpc) is 2.21. The summed E-state index contributed by atoms with van der Waals surface area (Å²) in [6, 6.07) is 7.32. The molecule has 0 saturated carbocycles. The minimum Gasteiger partial charge on any atom is -0.399 e. The predicted octanol–water partition coefficient (Wildman–Crippen LogP) is 2.32. The van der Waals surface area contributed by atoms with Gasteiger partial charge in [-0.3, -0.25) is 0 Å². The molecule has 0 bridgehead atoms. The fourth-order valence-corrected chi connectivity index (χ4v) is 0.882. The van der Waals surface area contributed by atoms with Gasteiger partial charge in [0.05, 0.1) is 0 Å². The molecule has 14 heavy (non-hydrogen) atoms. The first-order valence-electron chi connectivity index (χ1n) is 4.18. The van der Waals surface area contributed by atoms with Crippen LogP contribution in [0.2, 0.25) is 0 Å². The molecule has 70 valence electrons. The topological polar surface area (TPSA) is 74.8 Å². The lowest BCUT2D eigenvalue weighted by molar-refractivity contribution is 1.01. The van der Waals surface area contributed by atoms with Crippen LogP contribution in [0, 0.1) is 11.8 Å². The van der Waals surface area contributed by atoms with Gasteiger partial charge in [-0.15, -0.1) is 0 Å². The molecule has 0 spiro atoms. The van der Waals surface area contributed by atoms with Gasteiger partial charge >= 0.3 is 0 Å². The number of anilines is 1. The molecular formula is C10H10N4. The smallest absolute Gasteiger partial charge is 0.0367 e. The molecule has 4 heteroatoms. The van der Waals surface area contributed by atoms with E-state index in [-0.39, 0.29) is 0 Å². The number of hydrogen-bond donors (Lipinski definition) is 1. The fraction of sp³-hybridized carbons (Fsp3) is 0.200. The van der Waals surface area contributed by atoms with Gasteiger partial charge in [-0.05, 0) is 29.8 Å². The number of rotatable bonds is 2. The van der Waals surface area contributed by atoms with Crippen molar-refractivity contribution in [1.29, 1.82) is 0 Å². The molecule has 0 saturated heterocycles. The first-order valence-corrected chi connectivity index (χ1v) is 4.18. The quantitative estimate of drug-likeness (QED) is 0.189. The van der Waals surface area contributed by atoms with Crippen molar-refractivity contribution in [1.82, 2.24) is 0 Å². The zero-order valence-corrected chi connectivity index (χ0v) is 7.64. The van der Waals surface area contributed by atoms with Crippen LogP contribution < -0.4 is 5.73 Å². The maximum atomic E-state index is 8.01. The van der Waals surface area contributed by atoms with Crippen molar-refractivity contribution >= 4 is 5.69 Å². The van der Waals surface area contributed by atoms with E-state index >= 15 is 0 Å². The molecule has 0 unspecified atom stereocenters. The SMILES string of the molecule is [N-]=[N+]=NCCC#Cc1ccc(N)cc1. The van der Waals surface area contributed by atoms with Crippen LogP contribution in [-0.4, -0.2) is 6.54 Å². The van der Waals surface area contributed by atoms with Gasteiger partial charge in [-0.2, -0.15) is 0 Å². The number of hydrogen-bond acceptors (Lipinski definition) is 2. The molecule has 0 radical (unpaired) electrons. The summed E-state index contributed by atoms with van der Waals surface area (Å²) in [6.45, 7) is 0.415. The highest BCUT2D eigenvalue weighted by atomic mass is 15.1. The third-order valence-corrected chi connectivity index (χ3v) is 1.54. The third-order valence-electron chi connectivity index (χ3n) is 1.54. The molecule has 0 amide bonds. The number of nitrogens with zero attached hydrogens (tertiary/aromatic N) is 3. The van der Waals surface area contributed by atoms with E-state index in [0.717, 1.165) is 11.3 Å². The Labute approximate surface area is 82.4 Å². The standard InChI is InChI=1S/C10H10N4/c11-10-6-4-9(5-7-10)3-1-2-8-13-14-12/h4-7H,2,8,11H2.